The van der Waals surface area contributed by atoms with Gasteiger partial charge in [-0.15, -0.1) is 0 Å². The lowest BCUT2D eigenvalue weighted by atomic mass is 9.70. The van der Waals surface area contributed by atoms with Gasteiger partial charge in [0.1, 0.15) is 18.1 Å². The van der Waals surface area contributed by atoms with Gasteiger partial charge in [0.2, 0.25) is 17.7 Å². The van der Waals surface area contributed by atoms with Gasteiger partial charge in [0.05, 0.1) is 33.3 Å². The predicted molar refractivity (Wildman–Crippen MR) is 253 cm³/mol. The van der Waals surface area contributed by atoms with Gasteiger partial charge in [0.15, 0.2) is 5.79 Å². The molecule has 1 spiro atoms. The number of likely N-dealkylation sites (tertiary alicyclic amines) is 2. The van der Waals surface area contributed by atoms with E-state index < -0.39 is 47.2 Å². The molecule has 66 heavy (non-hydrogen) atoms. The van der Waals surface area contributed by atoms with Crippen LogP contribution in [0.25, 0.3) is 11.1 Å². The zero-order chi connectivity index (χ0) is 46.3. The Morgan fingerprint density at radius 2 is 1.30 bits per heavy atom. The first-order chi connectivity index (χ1) is 32.1. The van der Waals surface area contributed by atoms with Crippen LogP contribution < -0.4 is 16.0 Å². The van der Waals surface area contributed by atoms with Crippen LogP contribution in [0.4, 0.5) is 16.2 Å². The van der Waals surface area contributed by atoms with Crippen LogP contribution in [-0.4, -0.2) is 90.8 Å². The van der Waals surface area contributed by atoms with Crippen molar-refractivity contribution in [3.63, 3.8) is 0 Å². The van der Waals surface area contributed by atoms with Crippen molar-refractivity contribution in [1.82, 2.24) is 15.1 Å². The van der Waals surface area contributed by atoms with E-state index in [0.717, 1.165) is 85.6 Å². The number of ether oxygens (including phenoxy) is 3. The highest BCUT2D eigenvalue weighted by molar-refractivity contribution is 6.01. The van der Waals surface area contributed by atoms with E-state index in [-0.39, 0.29) is 31.2 Å². The van der Waals surface area contributed by atoms with Gasteiger partial charge in [-0.05, 0) is 83.3 Å². The monoisotopic (exact) mass is 897 g/mol. The fourth-order valence-corrected chi connectivity index (χ4v) is 10.6. The summed E-state index contributed by atoms with van der Waals surface area (Å²) in [5, 5.41) is 9.08. The molecule has 4 aromatic rings. The highest BCUT2D eigenvalue weighted by Gasteiger charge is 2.54. The SMILES string of the molecule is CCCCCC1(CCCCC)c2cc(NC(=O)[C@@H]3CCCN3C(=O)Cc3ccccc3)ccc2-c2ccc(NC(=O)[C@@H]3CC4(CN3C(=O)[C@H](NC(=O)OC)c3ccccc3)OCCO4)cc21. The van der Waals surface area contributed by atoms with E-state index in [1.807, 2.05) is 48.5 Å². The Hall–Kier alpha value is -6.05. The van der Waals surface area contributed by atoms with Gasteiger partial charge >= 0.3 is 6.09 Å². The molecule has 3 fully saturated rings. The molecule has 0 radical (unpaired) electrons. The largest absolute Gasteiger partial charge is 0.453 e. The molecule has 8 rings (SSSR count). The van der Waals surface area contributed by atoms with Crippen molar-refractivity contribution >= 4 is 41.1 Å². The molecule has 0 saturated carbocycles. The number of rotatable bonds is 17. The smallest absolute Gasteiger partial charge is 0.407 e. The second kappa shape index (κ2) is 20.6. The van der Waals surface area contributed by atoms with E-state index in [1.54, 1.807) is 29.2 Å². The molecule has 3 atom stereocenters. The predicted octanol–water partition coefficient (Wildman–Crippen LogP) is 8.67. The minimum absolute atomic E-state index is 0.00914. The molecule has 13 nitrogen and oxygen atoms in total. The van der Waals surface area contributed by atoms with Crippen LogP contribution in [0.5, 0.6) is 0 Å². The lowest BCUT2D eigenvalue weighted by Gasteiger charge is -2.33. The Bertz CT molecular complexity index is 2380. The number of methoxy groups -OCH3 is 1. The van der Waals surface area contributed by atoms with Crippen molar-refractivity contribution in [3.05, 3.63) is 119 Å². The van der Waals surface area contributed by atoms with Crippen molar-refractivity contribution < 1.29 is 38.2 Å². The van der Waals surface area contributed by atoms with Crippen molar-refractivity contribution in [2.75, 3.05) is 44.0 Å². The number of unbranched alkanes of at least 4 members (excludes halogenated alkanes) is 4. The van der Waals surface area contributed by atoms with Crippen LogP contribution in [0.15, 0.2) is 97.1 Å². The highest BCUT2D eigenvalue weighted by Crippen LogP contribution is 2.55. The van der Waals surface area contributed by atoms with Crippen molar-refractivity contribution in [2.24, 2.45) is 0 Å². The van der Waals surface area contributed by atoms with Gasteiger partial charge < -0.3 is 40.0 Å². The quantitative estimate of drug-likeness (QED) is 0.0890. The third kappa shape index (κ3) is 9.73. The van der Waals surface area contributed by atoms with E-state index in [4.69, 9.17) is 14.2 Å². The Morgan fingerprint density at radius 1 is 0.727 bits per heavy atom. The van der Waals surface area contributed by atoms with Crippen molar-refractivity contribution in [2.45, 2.75) is 120 Å². The van der Waals surface area contributed by atoms with Crippen molar-refractivity contribution in [3.8, 4) is 11.1 Å². The van der Waals surface area contributed by atoms with Gasteiger partial charge in [-0.25, -0.2) is 4.79 Å². The molecule has 4 aromatic carbocycles. The molecule has 13 heteroatoms. The van der Waals surface area contributed by atoms with Crippen molar-refractivity contribution in [1.29, 1.82) is 0 Å². The van der Waals surface area contributed by atoms with E-state index >= 15 is 0 Å². The van der Waals surface area contributed by atoms with Crippen LogP contribution in [0, 0.1) is 0 Å². The van der Waals surface area contributed by atoms with Gasteiger partial charge in [-0.1, -0.05) is 125 Å². The summed E-state index contributed by atoms with van der Waals surface area (Å²) in [7, 11) is 1.24. The minimum Gasteiger partial charge on any atom is -0.453 e. The van der Waals surface area contributed by atoms with Gasteiger partial charge in [0.25, 0.3) is 5.91 Å². The van der Waals surface area contributed by atoms with Crippen LogP contribution in [0.2, 0.25) is 0 Å². The third-order valence-electron chi connectivity index (χ3n) is 13.9. The maximum absolute atomic E-state index is 14.6. The van der Waals surface area contributed by atoms with Crippen LogP contribution in [0.1, 0.15) is 113 Å². The second-order valence-electron chi connectivity index (χ2n) is 18.2. The fraction of sp³-hybridized carbons (Fsp3) is 0.453. The lowest BCUT2D eigenvalue weighted by Crippen LogP contribution is -2.49. The standard InChI is InChI=1S/C53H63N5O8/c1-4-6-14-26-52(27-15-7-5-2)42-32-38(54-48(60)44-21-16-28-57(44)46(59)31-36-17-10-8-11-18-36)22-24-40(42)41-25-23-39(33-43(41)52)55-49(61)45-34-53(65-29-30-66-53)35-58(45)50(62)47(56-51(63)64-3)37-19-12-9-13-20-37/h8-13,17-20,22-25,32-33,44-45,47H,4-7,14-16,21,26-31,34-35H2,1-3H3,(H,54,60)(H,55,61)(H,56,63)/t44-,45-,47+/m0/s1. The average Bonchev–Trinajstić information content (AvgIpc) is 4.15. The summed E-state index contributed by atoms with van der Waals surface area (Å²) >= 11 is 0. The van der Waals surface area contributed by atoms with Gasteiger partial charge in [-0.3, -0.25) is 19.2 Å². The number of anilines is 2. The molecular formula is C53H63N5O8. The maximum Gasteiger partial charge on any atom is 0.407 e. The first kappa shape index (κ1) is 46.5. The molecule has 0 aromatic heterocycles. The number of amides is 5. The van der Waals surface area contributed by atoms with E-state index in [1.165, 1.54) is 12.0 Å². The van der Waals surface area contributed by atoms with E-state index in [0.29, 0.717) is 43.1 Å². The number of benzene rings is 4. The number of carbonyl (C=O) groups is 5. The Kier molecular flexibility index (Phi) is 14.5. The number of nitrogens with one attached hydrogen (secondary N) is 3. The number of hydrogen-bond donors (Lipinski definition) is 3. The molecule has 0 unspecified atom stereocenters. The molecule has 348 valence electrons. The molecule has 3 saturated heterocycles. The Labute approximate surface area is 387 Å². The highest BCUT2D eigenvalue weighted by atomic mass is 16.7. The summed E-state index contributed by atoms with van der Waals surface area (Å²) in [6.45, 7) is 5.64. The second-order valence-corrected chi connectivity index (χ2v) is 18.2. The third-order valence-corrected chi connectivity index (χ3v) is 13.9. The number of alkyl carbamates (subject to hydrolysis) is 1. The molecule has 5 amide bonds. The molecule has 3 N–H and O–H groups in total. The van der Waals surface area contributed by atoms with E-state index in [9.17, 15) is 24.0 Å². The number of nitrogens with zero attached hydrogens (tertiary/aromatic N) is 2. The Balaban J connectivity index is 1.08. The molecule has 4 aliphatic rings. The van der Waals surface area contributed by atoms with Crippen LogP contribution in [0.3, 0.4) is 0 Å². The summed E-state index contributed by atoms with van der Waals surface area (Å²) < 4.78 is 17.0. The summed E-state index contributed by atoms with van der Waals surface area (Å²) in [6, 6.07) is 28.2. The summed E-state index contributed by atoms with van der Waals surface area (Å²) in [6.07, 6.45) is 9.00. The zero-order valence-electron chi connectivity index (χ0n) is 38.4. The molecule has 3 heterocycles. The summed E-state index contributed by atoms with van der Waals surface area (Å²) in [4.78, 5) is 72.4. The summed E-state index contributed by atoms with van der Waals surface area (Å²) in [5.41, 5.74) is 6.85. The topological polar surface area (TPSA) is 156 Å². The molecular weight excluding hydrogens is 835 g/mol. The maximum atomic E-state index is 14.6. The van der Waals surface area contributed by atoms with Gasteiger partial charge in [0, 0.05) is 29.8 Å². The average molecular weight is 898 g/mol. The van der Waals surface area contributed by atoms with Crippen LogP contribution >= 0.6 is 0 Å². The normalized spacial score (nSPS) is 19.3. The fourth-order valence-electron chi connectivity index (χ4n) is 10.6. The lowest BCUT2D eigenvalue weighted by molar-refractivity contribution is -0.153. The number of fused-ring (bicyclic) bond motifs is 3. The summed E-state index contributed by atoms with van der Waals surface area (Å²) in [5.74, 6) is -2.26. The molecule has 1 aliphatic carbocycles. The minimum atomic E-state index is -1.15. The number of hydrogen-bond acceptors (Lipinski definition) is 8. The van der Waals surface area contributed by atoms with Crippen LogP contribution in [-0.2, 0) is 45.2 Å². The first-order valence-corrected chi connectivity index (χ1v) is 23.8. The van der Waals surface area contributed by atoms with E-state index in [2.05, 4.69) is 54.1 Å². The zero-order valence-corrected chi connectivity index (χ0v) is 38.4. The number of carbonyl (C=O) groups excluding carboxylic acids is 5. The van der Waals surface area contributed by atoms with Gasteiger partial charge in [-0.2, -0.15) is 0 Å². The Morgan fingerprint density at radius 3 is 1.88 bits per heavy atom. The molecule has 3 aliphatic heterocycles. The molecule has 0 bridgehead atoms. The first-order valence-electron chi connectivity index (χ1n) is 23.8.